The van der Waals surface area contributed by atoms with Crippen molar-refractivity contribution < 1.29 is 44.6 Å². The van der Waals surface area contributed by atoms with Crippen molar-refractivity contribution in [3.8, 4) is 0 Å². The maximum Gasteiger partial charge on any atom is 0.394 e. The molecule has 2 N–H and O–H groups in total. The van der Waals surface area contributed by atoms with E-state index < -0.39 is 10.4 Å². The molecule has 6 heteroatoms. The Morgan fingerprint density at radius 1 is 1.33 bits per heavy atom. The maximum absolute atomic E-state index is 8.74. The van der Waals surface area contributed by atoms with E-state index in [0.29, 0.717) is 0 Å². The van der Waals surface area contributed by atoms with Gasteiger partial charge in [0.05, 0.1) is 0 Å². The molecule has 0 saturated carbocycles. The van der Waals surface area contributed by atoms with E-state index in [4.69, 9.17) is 17.5 Å². The molecule has 0 bridgehead atoms. The first-order valence-corrected chi connectivity index (χ1v) is 2.10. The zero-order valence-electron chi connectivity index (χ0n) is 9.47. The average molecular weight is 161 g/mol. The van der Waals surface area contributed by atoms with Gasteiger partial charge in [0.2, 0.25) is 0 Å². The van der Waals surface area contributed by atoms with Crippen LogP contribution in [0.5, 0.6) is 0 Å². The first-order valence-electron chi connectivity index (χ1n) is 0.698. The Hall–Kier alpha value is 0.389. The van der Waals surface area contributed by atoms with Gasteiger partial charge in [-0.15, -0.1) is 0 Å². The molecule has 0 amide bonds. The van der Waals surface area contributed by atoms with Crippen molar-refractivity contribution >= 4 is 10.4 Å². The molecule has 0 radical (unpaired) electrons. The van der Waals surface area contributed by atoms with Crippen LogP contribution in [0.4, 0.5) is 0 Å². The standard InChI is InChI=1S/Fe.H2O4S.7H/c;1-5(2,3)4;;;;;;;/h;(H2,1,2,3,4);;;;;;;/q;;7*-1. The SMILES string of the molecule is O=S(=O)(O)O.[Fe].[H-].[H-].[H-].[H-].[H-].[H-].[H-]. The predicted molar refractivity (Wildman–Crippen MR) is 22.0 cm³/mol. The van der Waals surface area contributed by atoms with Gasteiger partial charge in [-0.2, -0.15) is 8.42 Å². The number of hydrogen-bond donors (Lipinski definition) is 2. The van der Waals surface area contributed by atoms with Gasteiger partial charge in [-0.25, -0.2) is 0 Å². The minimum atomic E-state index is -4.67. The molecule has 0 rings (SSSR count). The zero-order valence-corrected chi connectivity index (χ0v) is 4.39. The summed E-state index contributed by atoms with van der Waals surface area (Å²) >= 11 is 0. The molecule has 0 heterocycles. The van der Waals surface area contributed by atoms with E-state index in [0.717, 1.165) is 0 Å². The molecule has 0 aliphatic heterocycles. The van der Waals surface area contributed by atoms with Gasteiger partial charge < -0.3 is 9.99 Å². The van der Waals surface area contributed by atoms with Gasteiger partial charge >= 0.3 is 10.4 Å². The van der Waals surface area contributed by atoms with Crippen LogP contribution in [0.2, 0.25) is 0 Å². The van der Waals surface area contributed by atoms with E-state index in [2.05, 4.69) is 0 Å². The fourth-order valence-corrected chi connectivity index (χ4v) is 0. The molecular weight excluding hydrogens is 152 g/mol. The van der Waals surface area contributed by atoms with Crippen molar-refractivity contribution in [3.63, 3.8) is 0 Å². The van der Waals surface area contributed by atoms with Crippen molar-refractivity contribution in [3.05, 3.63) is 0 Å². The third kappa shape index (κ3) is 332. The second kappa shape index (κ2) is 2.54. The topological polar surface area (TPSA) is 74.6 Å². The summed E-state index contributed by atoms with van der Waals surface area (Å²) in [6, 6.07) is 0. The Morgan fingerprint density at radius 2 is 1.33 bits per heavy atom. The van der Waals surface area contributed by atoms with Gasteiger partial charge in [0, 0.05) is 17.1 Å². The van der Waals surface area contributed by atoms with Gasteiger partial charge in [0.25, 0.3) is 0 Å². The van der Waals surface area contributed by atoms with Crippen LogP contribution < -0.4 is 0 Å². The summed E-state index contributed by atoms with van der Waals surface area (Å²) in [5.41, 5.74) is 0. The van der Waals surface area contributed by atoms with Crippen molar-refractivity contribution in [1.82, 2.24) is 0 Å². The Kier molecular flexibility index (Phi) is 4.08. The smallest absolute Gasteiger partial charge is 0.394 e. The molecular formula is H9FeO4S-7. The van der Waals surface area contributed by atoms with Gasteiger partial charge in [-0.05, 0) is 0 Å². The van der Waals surface area contributed by atoms with E-state index in [1.807, 2.05) is 0 Å². The van der Waals surface area contributed by atoms with Gasteiger partial charge in [0.1, 0.15) is 0 Å². The number of hydrogen-bond acceptors (Lipinski definition) is 2. The van der Waals surface area contributed by atoms with E-state index in [1.165, 1.54) is 0 Å². The Bertz CT molecular complexity index is 104. The van der Waals surface area contributed by atoms with Gasteiger partial charge in [0.15, 0.2) is 0 Å². The molecule has 0 fully saturated rings. The molecule has 4 nitrogen and oxygen atoms in total. The van der Waals surface area contributed by atoms with Crippen molar-refractivity contribution in [2.24, 2.45) is 0 Å². The fraction of sp³-hybridized carbons (Fsp3) is 0. The summed E-state index contributed by atoms with van der Waals surface area (Å²) in [7, 11) is -4.67. The van der Waals surface area contributed by atoms with Crippen molar-refractivity contribution in [1.29, 1.82) is 0 Å². The summed E-state index contributed by atoms with van der Waals surface area (Å²) in [5.74, 6) is 0. The van der Waals surface area contributed by atoms with E-state index in [9.17, 15) is 0 Å². The number of rotatable bonds is 0. The van der Waals surface area contributed by atoms with Gasteiger partial charge in [-0.1, -0.05) is 0 Å². The molecule has 0 aromatic rings. The summed E-state index contributed by atoms with van der Waals surface area (Å²) in [4.78, 5) is 0. The second-order valence-corrected chi connectivity index (χ2v) is 1.34. The summed E-state index contributed by atoms with van der Waals surface area (Å²) in [6.07, 6.45) is 0. The largest absolute Gasteiger partial charge is 1.00 e. The molecule has 0 aliphatic carbocycles. The zero-order chi connectivity index (χ0) is 4.50. The first kappa shape index (κ1) is 9.63. The first-order chi connectivity index (χ1) is 2.00. The summed E-state index contributed by atoms with van der Waals surface area (Å²) in [6.45, 7) is 0. The molecule has 0 aliphatic rings. The quantitative estimate of drug-likeness (QED) is 0.391. The van der Waals surface area contributed by atoms with Crippen LogP contribution in [0.15, 0.2) is 0 Å². The van der Waals surface area contributed by atoms with Crippen LogP contribution >= 0.6 is 0 Å². The average Bonchev–Trinajstić information content (AvgIpc) is 0.722. The Balaban J connectivity index is -0.00000000286. The van der Waals surface area contributed by atoms with Crippen LogP contribution in [0, 0.1) is 0 Å². The minimum absolute atomic E-state index is 0. The van der Waals surface area contributed by atoms with Crippen LogP contribution in [-0.2, 0) is 27.5 Å². The van der Waals surface area contributed by atoms with Crippen LogP contribution in [-0.4, -0.2) is 17.5 Å². The summed E-state index contributed by atoms with van der Waals surface area (Å²) < 4.78 is 31.6. The molecule has 54 valence electrons. The van der Waals surface area contributed by atoms with Crippen molar-refractivity contribution in [2.75, 3.05) is 0 Å². The second-order valence-electron chi connectivity index (χ2n) is 0.448. The third-order valence-corrected chi connectivity index (χ3v) is 0. The van der Waals surface area contributed by atoms with Gasteiger partial charge in [-0.3, -0.25) is 9.11 Å². The van der Waals surface area contributed by atoms with E-state index >= 15 is 0 Å². The maximum atomic E-state index is 8.74. The molecule has 0 aromatic carbocycles. The fourth-order valence-electron chi connectivity index (χ4n) is 0. The Labute approximate surface area is 56.0 Å². The normalized spacial score (nSPS) is 9.67. The monoisotopic (exact) mass is 161 g/mol. The molecule has 6 heavy (non-hydrogen) atoms. The molecule has 0 spiro atoms. The Morgan fingerprint density at radius 3 is 1.33 bits per heavy atom. The molecule has 0 atom stereocenters. The molecule has 0 aromatic heterocycles. The summed E-state index contributed by atoms with van der Waals surface area (Å²) in [5, 5.41) is 0. The van der Waals surface area contributed by atoms with E-state index in [-0.39, 0.29) is 27.1 Å². The van der Waals surface area contributed by atoms with Crippen LogP contribution in [0.25, 0.3) is 0 Å². The minimum Gasteiger partial charge on any atom is -1.00 e. The predicted octanol–water partition coefficient (Wildman–Crippen LogP) is 0.132. The van der Waals surface area contributed by atoms with E-state index in [1.54, 1.807) is 0 Å². The van der Waals surface area contributed by atoms with Crippen LogP contribution in [0.1, 0.15) is 9.99 Å². The third-order valence-electron chi connectivity index (χ3n) is 0. The molecule has 0 unspecified atom stereocenters. The van der Waals surface area contributed by atoms with Crippen molar-refractivity contribution in [2.45, 2.75) is 0 Å². The van der Waals surface area contributed by atoms with Crippen LogP contribution in [0.3, 0.4) is 0 Å². The molecule has 0 saturated heterocycles.